The maximum Gasteiger partial charge on any atom is 0.273 e. The lowest BCUT2D eigenvalue weighted by Gasteiger charge is -2.34. The number of nitrogens with zero attached hydrogens (tertiary/aromatic N) is 3. The minimum atomic E-state index is -3.39. The lowest BCUT2D eigenvalue weighted by Crippen LogP contribution is -2.44. The molecule has 1 saturated heterocycles. The molecule has 9 heteroatoms. The third kappa shape index (κ3) is 3.84. The molecule has 0 bridgehead atoms. The molecule has 1 aromatic rings. The van der Waals surface area contributed by atoms with Crippen LogP contribution in [0.25, 0.3) is 0 Å². The highest BCUT2D eigenvalue weighted by atomic mass is 32.2. The number of amides is 1. The number of piperidine rings is 1. The molecule has 1 atom stereocenters. The van der Waals surface area contributed by atoms with Gasteiger partial charge in [-0.05, 0) is 19.3 Å². The number of likely N-dealkylation sites (tertiary alicyclic amines) is 1. The second kappa shape index (κ2) is 6.64. The van der Waals surface area contributed by atoms with Crippen molar-refractivity contribution < 1.29 is 13.2 Å². The van der Waals surface area contributed by atoms with Crippen LogP contribution >= 0.6 is 0 Å². The minimum absolute atomic E-state index is 0.0912. The molecule has 0 unspecified atom stereocenters. The lowest BCUT2D eigenvalue weighted by molar-refractivity contribution is -0.131. The number of hydrogen-bond acceptors (Lipinski definition) is 5. The SMILES string of the molecule is CS(=O)(=O)NCC(=O)N1CCC[C@H](c2cc(=O)nc3n2CCC3)C1. The molecular weight excluding hydrogens is 332 g/mol. The Balaban J connectivity index is 1.75. The normalized spacial score (nSPS) is 20.9. The molecule has 0 aliphatic carbocycles. The zero-order valence-corrected chi connectivity index (χ0v) is 14.5. The number of fused-ring (bicyclic) bond motifs is 1. The molecular formula is C15H22N4O4S. The van der Waals surface area contributed by atoms with Gasteiger partial charge in [0.2, 0.25) is 15.9 Å². The van der Waals surface area contributed by atoms with Crippen molar-refractivity contribution >= 4 is 15.9 Å². The molecule has 0 spiro atoms. The molecule has 3 rings (SSSR count). The maximum absolute atomic E-state index is 12.2. The zero-order valence-electron chi connectivity index (χ0n) is 13.7. The highest BCUT2D eigenvalue weighted by molar-refractivity contribution is 7.88. The molecule has 0 aromatic carbocycles. The van der Waals surface area contributed by atoms with E-state index in [1.807, 2.05) is 0 Å². The van der Waals surface area contributed by atoms with E-state index in [9.17, 15) is 18.0 Å². The topological polar surface area (TPSA) is 101 Å². The van der Waals surface area contributed by atoms with Crippen LogP contribution in [-0.2, 0) is 27.8 Å². The van der Waals surface area contributed by atoms with E-state index in [1.165, 1.54) is 0 Å². The van der Waals surface area contributed by atoms with Gasteiger partial charge in [-0.2, -0.15) is 4.98 Å². The highest BCUT2D eigenvalue weighted by Crippen LogP contribution is 2.28. The Morgan fingerprint density at radius 3 is 2.92 bits per heavy atom. The van der Waals surface area contributed by atoms with Gasteiger partial charge in [0, 0.05) is 43.7 Å². The van der Waals surface area contributed by atoms with Gasteiger partial charge in [-0.1, -0.05) is 0 Å². The molecule has 24 heavy (non-hydrogen) atoms. The van der Waals surface area contributed by atoms with Gasteiger partial charge in [-0.3, -0.25) is 9.59 Å². The fourth-order valence-corrected chi connectivity index (χ4v) is 3.89. The Morgan fingerprint density at radius 1 is 1.38 bits per heavy atom. The molecule has 1 amide bonds. The second-order valence-electron chi connectivity index (χ2n) is 6.46. The summed E-state index contributed by atoms with van der Waals surface area (Å²) in [5, 5.41) is 0. The largest absolute Gasteiger partial charge is 0.341 e. The summed E-state index contributed by atoms with van der Waals surface area (Å²) in [7, 11) is -3.39. The number of carbonyl (C=O) groups excluding carboxylic acids is 1. The van der Waals surface area contributed by atoms with Gasteiger partial charge in [0.1, 0.15) is 5.82 Å². The van der Waals surface area contributed by atoms with Crippen LogP contribution in [0.15, 0.2) is 10.9 Å². The van der Waals surface area contributed by atoms with Crippen molar-refractivity contribution in [3.63, 3.8) is 0 Å². The number of rotatable bonds is 4. The predicted molar refractivity (Wildman–Crippen MR) is 88.2 cm³/mol. The standard InChI is InChI=1S/C15H22N4O4S/c1-24(22,23)16-9-15(21)18-6-2-4-11(10-18)12-8-14(20)17-13-5-3-7-19(12)13/h8,11,16H,2-7,9-10H2,1H3/t11-/m0/s1. The summed E-state index contributed by atoms with van der Waals surface area (Å²) in [6.07, 6.45) is 4.58. The molecule has 132 valence electrons. The van der Waals surface area contributed by atoms with Crippen LogP contribution in [0, 0.1) is 0 Å². The smallest absolute Gasteiger partial charge is 0.273 e. The summed E-state index contributed by atoms with van der Waals surface area (Å²) >= 11 is 0. The number of nitrogens with one attached hydrogen (secondary N) is 1. The van der Waals surface area contributed by atoms with Gasteiger partial charge in [-0.15, -0.1) is 0 Å². The molecule has 0 saturated carbocycles. The summed E-state index contributed by atoms with van der Waals surface area (Å²) < 4.78 is 26.6. The average molecular weight is 354 g/mol. The first-order chi connectivity index (χ1) is 11.3. The van der Waals surface area contributed by atoms with Crippen LogP contribution in [0.5, 0.6) is 0 Å². The fourth-order valence-electron chi connectivity index (χ4n) is 3.51. The van der Waals surface area contributed by atoms with Crippen molar-refractivity contribution in [2.45, 2.75) is 38.1 Å². The van der Waals surface area contributed by atoms with Crippen molar-refractivity contribution in [3.05, 3.63) is 27.9 Å². The van der Waals surface area contributed by atoms with Crippen LogP contribution in [-0.4, -0.2) is 54.7 Å². The molecule has 8 nitrogen and oxygen atoms in total. The quantitative estimate of drug-likeness (QED) is 0.781. The van der Waals surface area contributed by atoms with Crippen LogP contribution in [0.1, 0.15) is 36.7 Å². The molecule has 1 fully saturated rings. The number of aryl methyl sites for hydroxylation is 1. The van der Waals surface area contributed by atoms with Gasteiger partial charge in [-0.25, -0.2) is 13.1 Å². The van der Waals surface area contributed by atoms with E-state index < -0.39 is 10.0 Å². The van der Waals surface area contributed by atoms with E-state index in [0.29, 0.717) is 13.1 Å². The Hall–Kier alpha value is -1.74. The lowest BCUT2D eigenvalue weighted by atomic mass is 9.94. The van der Waals surface area contributed by atoms with Gasteiger partial charge < -0.3 is 9.47 Å². The number of carbonyl (C=O) groups is 1. The van der Waals surface area contributed by atoms with E-state index in [1.54, 1.807) is 11.0 Å². The van der Waals surface area contributed by atoms with E-state index in [0.717, 1.165) is 50.0 Å². The monoisotopic (exact) mass is 354 g/mol. The number of aromatic nitrogens is 2. The van der Waals surface area contributed by atoms with E-state index in [4.69, 9.17) is 0 Å². The molecule has 1 aromatic heterocycles. The summed E-state index contributed by atoms with van der Waals surface area (Å²) in [6.45, 7) is 1.76. The fraction of sp³-hybridized carbons (Fsp3) is 0.667. The first kappa shape index (κ1) is 17.1. The summed E-state index contributed by atoms with van der Waals surface area (Å²) in [4.78, 5) is 29.8. The van der Waals surface area contributed by atoms with Gasteiger partial charge in [0.15, 0.2) is 0 Å². The van der Waals surface area contributed by atoms with Crippen molar-refractivity contribution in [2.24, 2.45) is 0 Å². The predicted octanol–water partition coefficient (Wildman–Crippen LogP) is -0.555. The van der Waals surface area contributed by atoms with Crippen molar-refractivity contribution in [1.82, 2.24) is 19.2 Å². The molecule has 3 heterocycles. The Morgan fingerprint density at radius 2 is 2.17 bits per heavy atom. The van der Waals surface area contributed by atoms with E-state index >= 15 is 0 Å². The Kier molecular flexibility index (Phi) is 4.73. The van der Waals surface area contributed by atoms with Gasteiger partial charge in [0.25, 0.3) is 5.56 Å². The zero-order chi connectivity index (χ0) is 17.3. The average Bonchev–Trinajstić information content (AvgIpc) is 2.99. The highest BCUT2D eigenvalue weighted by Gasteiger charge is 2.28. The third-order valence-electron chi connectivity index (χ3n) is 4.59. The molecule has 0 radical (unpaired) electrons. The van der Waals surface area contributed by atoms with E-state index in [-0.39, 0.29) is 23.9 Å². The van der Waals surface area contributed by atoms with Gasteiger partial charge >= 0.3 is 0 Å². The van der Waals surface area contributed by atoms with Crippen LogP contribution in [0.4, 0.5) is 0 Å². The minimum Gasteiger partial charge on any atom is -0.341 e. The third-order valence-corrected chi connectivity index (χ3v) is 5.26. The Labute approximate surface area is 140 Å². The molecule has 2 aliphatic heterocycles. The van der Waals surface area contributed by atoms with Crippen molar-refractivity contribution in [2.75, 3.05) is 25.9 Å². The van der Waals surface area contributed by atoms with E-state index in [2.05, 4.69) is 14.3 Å². The van der Waals surface area contributed by atoms with Crippen LogP contribution in [0.3, 0.4) is 0 Å². The second-order valence-corrected chi connectivity index (χ2v) is 8.30. The van der Waals surface area contributed by atoms with Crippen LogP contribution < -0.4 is 10.3 Å². The number of sulfonamides is 1. The molecule has 1 N–H and O–H groups in total. The summed E-state index contributed by atoms with van der Waals surface area (Å²) in [6, 6.07) is 1.59. The van der Waals surface area contributed by atoms with Crippen LogP contribution in [0.2, 0.25) is 0 Å². The first-order valence-electron chi connectivity index (χ1n) is 8.16. The van der Waals surface area contributed by atoms with Crippen molar-refractivity contribution in [1.29, 1.82) is 0 Å². The maximum atomic E-state index is 12.2. The summed E-state index contributed by atoms with van der Waals surface area (Å²) in [5.74, 6) is 0.691. The summed E-state index contributed by atoms with van der Waals surface area (Å²) in [5.41, 5.74) is 0.733. The number of hydrogen-bond donors (Lipinski definition) is 1. The first-order valence-corrected chi connectivity index (χ1v) is 10.1. The van der Waals surface area contributed by atoms with Gasteiger partial charge in [0.05, 0.1) is 12.8 Å². The van der Waals surface area contributed by atoms with Crippen molar-refractivity contribution in [3.8, 4) is 0 Å². The Bertz CT molecular complexity index is 802. The molecule has 2 aliphatic rings.